The molecule has 156 valence electrons. The predicted octanol–water partition coefficient (Wildman–Crippen LogP) is 4.31. The summed E-state index contributed by atoms with van der Waals surface area (Å²) < 4.78 is 7.88. The Labute approximate surface area is 183 Å². The quantitative estimate of drug-likeness (QED) is 0.319. The number of rotatable bonds is 8. The molecule has 30 heavy (non-hydrogen) atoms. The van der Waals surface area contributed by atoms with Crippen LogP contribution >= 0.6 is 22.9 Å². The summed E-state index contributed by atoms with van der Waals surface area (Å²) >= 11 is 7.52. The zero-order valence-corrected chi connectivity index (χ0v) is 18.2. The molecule has 1 amide bonds. The fourth-order valence-electron chi connectivity index (χ4n) is 3.16. The molecule has 2 heterocycles. The van der Waals surface area contributed by atoms with Crippen LogP contribution in [0.5, 0.6) is 0 Å². The maximum atomic E-state index is 12.4. The molecule has 0 saturated heterocycles. The first-order valence-corrected chi connectivity index (χ1v) is 10.4. The lowest BCUT2D eigenvalue weighted by Gasteiger charge is -2.07. The highest BCUT2D eigenvalue weighted by molar-refractivity contribution is 7.21. The van der Waals surface area contributed by atoms with E-state index in [4.69, 9.17) is 16.3 Å². The first-order valence-electron chi connectivity index (χ1n) is 9.25. The van der Waals surface area contributed by atoms with Crippen LogP contribution in [0.3, 0.4) is 0 Å². The van der Waals surface area contributed by atoms with Crippen molar-refractivity contribution in [2.24, 2.45) is 0 Å². The number of aryl methyl sites for hydroxylation is 1. The van der Waals surface area contributed by atoms with Crippen LogP contribution in [0.2, 0.25) is 5.02 Å². The van der Waals surface area contributed by atoms with E-state index in [1.807, 2.05) is 42.7 Å². The monoisotopic (exact) mass is 444 g/mol. The average Bonchev–Trinajstić information content (AvgIpc) is 3.22. The molecule has 0 bridgehead atoms. The first-order chi connectivity index (χ1) is 14.3. The van der Waals surface area contributed by atoms with Gasteiger partial charge in [0.05, 0.1) is 5.02 Å². The van der Waals surface area contributed by atoms with Crippen LogP contribution < -0.4 is 5.32 Å². The number of Topliss-reactive ketones (excluding diaryl/α,β-unsaturated/α-hetero) is 1. The molecular weight excluding hydrogens is 424 g/mol. The van der Waals surface area contributed by atoms with Gasteiger partial charge in [-0.15, -0.1) is 17.9 Å². The lowest BCUT2D eigenvalue weighted by Crippen LogP contribution is -2.31. The second kappa shape index (κ2) is 9.28. The fourth-order valence-corrected chi connectivity index (χ4v) is 4.59. The standard InChI is InChI=1S/C22H21ClN2O4S/c1-4-9-25-13(2)10-16(14(25)3)17(26)12-29-19(27)11-24-22(28)21-20(23)15-7-5-6-8-18(15)30-21/h4-8,10H,1,9,11-12H2,2-3H3,(H,24,28). The molecule has 1 aromatic carbocycles. The number of carbonyl (C=O) groups is 3. The number of ether oxygens (including phenoxy) is 1. The summed E-state index contributed by atoms with van der Waals surface area (Å²) in [6.07, 6.45) is 1.75. The molecule has 8 heteroatoms. The van der Waals surface area contributed by atoms with E-state index >= 15 is 0 Å². The molecule has 3 aromatic rings. The van der Waals surface area contributed by atoms with Gasteiger partial charge in [-0.3, -0.25) is 14.4 Å². The van der Waals surface area contributed by atoms with Crippen molar-refractivity contribution >= 4 is 50.7 Å². The molecule has 6 nitrogen and oxygen atoms in total. The number of carbonyl (C=O) groups excluding carboxylic acids is 3. The van der Waals surface area contributed by atoms with Crippen LogP contribution in [0.25, 0.3) is 10.1 Å². The van der Waals surface area contributed by atoms with Gasteiger partial charge in [0.2, 0.25) is 5.78 Å². The van der Waals surface area contributed by atoms with Crippen LogP contribution in [0.15, 0.2) is 43.0 Å². The SMILES string of the molecule is C=CCn1c(C)cc(C(=O)COC(=O)CNC(=O)c2sc3ccccc3c2Cl)c1C. The molecule has 2 aromatic heterocycles. The summed E-state index contributed by atoms with van der Waals surface area (Å²) in [5.74, 6) is -1.46. The molecule has 0 aliphatic heterocycles. The van der Waals surface area contributed by atoms with E-state index in [0.29, 0.717) is 22.0 Å². The molecular formula is C22H21ClN2O4S. The fraction of sp³-hybridized carbons (Fsp3) is 0.227. The van der Waals surface area contributed by atoms with Crippen molar-refractivity contribution in [3.05, 3.63) is 69.8 Å². The highest BCUT2D eigenvalue weighted by Crippen LogP contribution is 2.34. The number of hydrogen-bond donors (Lipinski definition) is 1. The predicted molar refractivity (Wildman–Crippen MR) is 119 cm³/mol. The van der Waals surface area contributed by atoms with E-state index in [1.54, 1.807) is 12.1 Å². The van der Waals surface area contributed by atoms with Gasteiger partial charge < -0.3 is 14.6 Å². The second-order valence-electron chi connectivity index (χ2n) is 6.69. The molecule has 0 aliphatic rings. The topological polar surface area (TPSA) is 77.4 Å². The number of allylic oxidation sites excluding steroid dienone is 1. The van der Waals surface area contributed by atoms with Gasteiger partial charge in [0.1, 0.15) is 11.4 Å². The van der Waals surface area contributed by atoms with Gasteiger partial charge >= 0.3 is 5.97 Å². The van der Waals surface area contributed by atoms with Crippen LogP contribution in [0.1, 0.15) is 31.4 Å². The van der Waals surface area contributed by atoms with Crippen LogP contribution in [0, 0.1) is 13.8 Å². The van der Waals surface area contributed by atoms with Gasteiger partial charge in [-0.1, -0.05) is 35.9 Å². The van der Waals surface area contributed by atoms with Crippen molar-refractivity contribution in [2.45, 2.75) is 20.4 Å². The van der Waals surface area contributed by atoms with Gasteiger partial charge in [-0.05, 0) is 26.0 Å². The maximum Gasteiger partial charge on any atom is 0.325 e. The van der Waals surface area contributed by atoms with E-state index < -0.39 is 18.5 Å². The third-order valence-electron chi connectivity index (χ3n) is 4.68. The van der Waals surface area contributed by atoms with E-state index in [1.165, 1.54) is 11.3 Å². The Kier molecular flexibility index (Phi) is 6.74. The minimum absolute atomic E-state index is 0.300. The highest BCUT2D eigenvalue weighted by Gasteiger charge is 2.19. The Balaban J connectivity index is 1.55. The smallest absolute Gasteiger partial charge is 0.325 e. The molecule has 0 aliphatic carbocycles. The molecule has 0 fully saturated rings. The van der Waals surface area contributed by atoms with Crippen molar-refractivity contribution in [3.63, 3.8) is 0 Å². The third kappa shape index (κ3) is 4.47. The summed E-state index contributed by atoms with van der Waals surface area (Å²) in [5.41, 5.74) is 2.22. The van der Waals surface area contributed by atoms with Crippen molar-refractivity contribution in [1.82, 2.24) is 9.88 Å². The number of benzene rings is 1. The van der Waals surface area contributed by atoms with Crippen molar-refractivity contribution in [1.29, 1.82) is 0 Å². The van der Waals surface area contributed by atoms with Crippen molar-refractivity contribution in [2.75, 3.05) is 13.2 Å². The number of esters is 1. The van der Waals surface area contributed by atoms with E-state index in [9.17, 15) is 14.4 Å². The lowest BCUT2D eigenvalue weighted by molar-refractivity contribution is -0.141. The summed E-state index contributed by atoms with van der Waals surface area (Å²) in [5, 5.41) is 3.63. The van der Waals surface area contributed by atoms with Gasteiger partial charge in [-0.2, -0.15) is 0 Å². The van der Waals surface area contributed by atoms with Gasteiger partial charge in [0.15, 0.2) is 6.61 Å². The minimum Gasteiger partial charge on any atom is -0.456 e. The number of thiophene rings is 1. The molecule has 1 N–H and O–H groups in total. The Bertz CT molecular complexity index is 1150. The Morgan fingerprint density at radius 3 is 2.70 bits per heavy atom. The lowest BCUT2D eigenvalue weighted by atomic mass is 10.1. The number of amides is 1. The second-order valence-corrected chi connectivity index (χ2v) is 8.12. The van der Waals surface area contributed by atoms with Crippen LogP contribution in [-0.4, -0.2) is 35.4 Å². The zero-order chi connectivity index (χ0) is 21.8. The Hall–Kier alpha value is -2.90. The maximum absolute atomic E-state index is 12.4. The first kappa shape index (κ1) is 21.8. The average molecular weight is 445 g/mol. The Morgan fingerprint density at radius 2 is 2.00 bits per heavy atom. The van der Waals surface area contributed by atoms with Crippen molar-refractivity contribution in [3.8, 4) is 0 Å². The molecule has 0 radical (unpaired) electrons. The molecule has 0 atom stereocenters. The largest absolute Gasteiger partial charge is 0.456 e. The normalized spacial score (nSPS) is 10.8. The zero-order valence-electron chi connectivity index (χ0n) is 16.7. The van der Waals surface area contributed by atoms with Gasteiger partial charge in [-0.25, -0.2) is 0 Å². The number of hydrogen-bond acceptors (Lipinski definition) is 5. The van der Waals surface area contributed by atoms with Gasteiger partial charge in [0.25, 0.3) is 5.91 Å². The van der Waals surface area contributed by atoms with Crippen LogP contribution in [0.4, 0.5) is 0 Å². The molecule has 0 unspecified atom stereocenters. The van der Waals surface area contributed by atoms with E-state index in [0.717, 1.165) is 21.5 Å². The number of ketones is 1. The number of fused-ring (bicyclic) bond motifs is 1. The summed E-state index contributed by atoms with van der Waals surface area (Å²) in [7, 11) is 0. The Morgan fingerprint density at radius 1 is 1.27 bits per heavy atom. The van der Waals surface area contributed by atoms with Gasteiger partial charge in [0, 0.05) is 33.6 Å². The summed E-state index contributed by atoms with van der Waals surface area (Å²) in [6.45, 7) is 7.29. The number of nitrogens with zero attached hydrogens (tertiary/aromatic N) is 1. The minimum atomic E-state index is -0.700. The number of halogens is 1. The molecule has 0 spiro atoms. The number of aromatic nitrogens is 1. The molecule has 0 saturated carbocycles. The van der Waals surface area contributed by atoms with Crippen molar-refractivity contribution < 1.29 is 19.1 Å². The van der Waals surface area contributed by atoms with E-state index in [2.05, 4.69) is 11.9 Å². The third-order valence-corrected chi connectivity index (χ3v) is 6.36. The van der Waals surface area contributed by atoms with E-state index in [-0.39, 0.29) is 12.3 Å². The van der Waals surface area contributed by atoms with Crippen LogP contribution in [-0.2, 0) is 16.1 Å². The summed E-state index contributed by atoms with van der Waals surface area (Å²) in [4.78, 5) is 37.1. The molecule has 3 rings (SSSR count). The highest BCUT2D eigenvalue weighted by atomic mass is 35.5. The summed E-state index contributed by atoms with van der Waals surface area (Å²) in [6, 6.07) is 9.16. The number of nitrogens with one attached hydrogen (secondary N) is 1.